The lowest BCUT2D eigenvalue weighted by atomic mass is 10.0. The van der Waals surface area contributed by atoms with Gasteiger partial charge in [-0.2, -0.15) is 0 Å². The molecule has 2 nitrogen and oxygen atoms in total. The third kappa shape index (κ3) is 0.798. The fourth-order valence-electron chi connectivity index (χ4n) is 3.24. The molecule has 0 aliphatic carbocycles. The Balaban J connectivity index is 1.84. The van der Waals surface area contributed by atoms with Gasteiger partial charge in [0.25, 0.3) is 0 Å². The second kappa shape index (κ2) is 2.20. The summed E-state index contributed by atoms with van der Waals surface area (Å²) in [5.41, 5.74) is 0. The van der Waals surface area contributed by atoms with Crippen molar-refractivity contribution in [3.8, 4) is 0 Å². The number of nitrogens with one attached hydrogen (secondary N) is 1. The van der Waals surface area contributed by atoms with Crippen LogP contribution in [0, 0.1) is 5.92 Å². The molecule has 0 amide bonds. The zero-order valence-corrected chi connectivity index (χ0v) is 6.92. The third-order valence-corrected chi connectivity index (χ3v) is 3.73. The maximum absolute atomic E-state index is 3.50. The lowest BCUT2D eigenvalue weighted by molar-refractivity contribution is 0.246. The Labute approximate surface area is 68.0 Å². The van der Waals surface area contributed by atoms with Crippen molar-refractivity contribution < 1.29 is 0 Å². The number of hydrogen-bond donors (Lipinski definition) is 1. The van der Waals surface area contributed by atoms with E-state index in [0.29, 0.717) is 0 Å². The predicted octanol–water partition coefficient (Wildman–Crippen LogP) is 0.442. The van der Waals surface area contributed by atoms with Crippen molar-refractivity contribution in [2.24, 2.45) is 5.92 Å². The van der Waals surface area contributed by atoms with Crippen LogP contribution >= 0.6 is 0 Å². The van der Waals surface area contributed by atoms with E-state index < -0.39 is 0 Å². The molecule has 2 heteroatoms. The molecule has 3 aliphatic rings. The highest BCUT2D eigenvalue weighted by atomic mass is 15.3. The van der Waals surface area contributed by atoms with E-state index in [1.165, 1.54) is 38.9 Å². The van der Waals surface area contributed by atoms with Crippen LogP contribution in [-0.4, -0.2) is 36.6 Å². The van der Waals surface area contributed by atoms with Crippen molar-refractivity contribution in [2.75, 3.05) is 19.6 Å². The highest BCUT2D eigenvalue weighted by molar-refractivity contribution is 5.01. The smallest absolute Gasteiger partial charge is 0.0264 e. The topological polar surface area (TPSA) is 15.3 Å². The van der Waals surface area contributed by atoms with Crippen molar-refractivity contribution in [1.82, 2.24) is 10.2 Å². The molecule has 11 heavy (non-hydrogen) atoms. The average Bonchev–Trinajstić information content (AvgIpc) is 2.52. The zero-order valence-electron chi connectivity index (χ0n) is 6.92. The Morgan fingerprint density at radius 1 is 1.27 bits per heavy atom. The first-order valence-electron chi connectivity index (χ1n) is 4.91. The summed E-state index contributed by atoms with van der Waals surface area (Å²) in [6, 6.07) is 1.90. The maximum atomic E-state index is 3.50. The van der Waals surface area contributed by atoms with Crippen molar-refractivity contribution in [3.63, 3.8) is 0 Å². The van der Waals surface area contributed by atoms with E-state index in [0.717, 1.165) is 18.0 Å². The van der Waals surface area contributed by atoms with Crippen LogP contribution in [0.3, 0.4) is 0 Å². The van der Waals surface area contributed by atoms with Gasteiger partial charge in [-0.1, -0.05) is 0 Å². The highest BCUT2D eigenvalue weighted by Gasteiger charge is 2.44. The monoisotopic (exact) mass is 152 g/mol. The molecule has 0 aromatic heterocycles. The van der Waals surface area contributed by atoms with E-state index in [2.05, 4.69) is 10.2 Å². The molecule has 0 bridgehead atoms. The average molecular weight is 152 g/mol. The molecule has 0 radical (unpaired) electrons. The highest BCUT2D eigenvalue weighted by Crippen LogP contribution is 2.37. The first-order valence-corrected chi connectivity index (χ1v) is 4.91. The quantitative estimate of drug-likeness (QED) is 0.542. The second-order valence-electron chi connectivity index (χ2n) is 4.26. The van der Waals surface area contributed by atoms with Gasteiger partial charge >= 0.3 is 0 Å². The largest absolute Gasteiger partial charge is 0.315 e. The van der Waals surface area contributed by atoms with Gasteiger partial charge < -0.3 is 5.32 Å². The number of rotatable bonds is 0. The van der Waals surface area contributed by atoms with Crippen LogP contribution in [0.2, 0.25) is 0 Å². The van der Waals surface area contributed by atoms with Crippen LogP contribution in [0.4, 0.5) is 0 Å². The number of fused-ring (bicyclic) bond motifs is 3. The van der Waals surface area contributed by atoms with Gasteiger partial charge in [-0.3, -0.25) is 4.90 Å². The molecule has 1 N–H and O–H groups in total. The molecule has 62 valence electrons. The van der Waals surface area contributed by atoms with Gasteiger partial charge in [0.2, 0.25) is 0 Å². The Hall–Kier alpha value is -0.0800. The Morgan fingerprint density at radius 3 is 3.27 bits per heavy atom. The number of hydrogen-bond acceptors (Lipinski definition) is 2. The normalized spacial score (nSPS) is 49.6. The summed E-state index contributed by atoms with van der Waals surface area (Å²) < 4.78 is 0. The lowest BCUT2D eigenvalue weighted by Gasteiger charge is -2.21. The molecular formula is C9H16N2. The van der Waals surface area contributed by atoms with E-state index >= 15 is 0 Å². The van der Waals surface area contributed by atoms with Crippen LogP contribution in [0.25, 0.3) is 0 Å². The van der Waals surface area contributed by atoms with Crippen molar-refractivity contribution >= 4 is 0 Å². The van der Waals surface area contributed by atoms with Crippen LogP contribution in [0.1, 0.15) is 19.3 Å². The third-order valence-electron chi connectivity index (χ3n) is 3.73. The Morgan fingerprint density at radius 2 is 2.27 bits per heavy atom. The molecule has 3 rings (SSSR count). The van der Waals surface area contributed by atoms with Crippen LogP contribution in [-0.2, 0) is 0 Å². The zero-order chi connectivity index (χ0) is 7.26. The standard InChI is InChI=1S/C9H16N2/c1-2-8-4-7-5-10-6-9(7)11(8)3-1/h7-10H,1-6H2/t7-,8+,9-/m0/s1. The minimum Gasteiger partial charge on any atom is -0.315 e. The first kappa shape index (κ1) is 6.44. The van der Waals surface area contributed by atoms with E-state index in [1.54, 1.807) is 0 Å². The summed E-state index contributed by atoms with van der Waals surface area (Å²) in [4.78, 5) is 2.75. The predicted molar refractivity (Wildman–Crippen MR) is 44.5 cm³/mol. The molecule has 3 saturated heterocycles. The minimum absolute atomic E-state index is 0.919. The van der Waals surface area contributed by atoms with E-state index in [-0.39, 0.29) is 0 Å². The molecule has 0 unspecified atom stereocenters. The van der Waals surface area contributed by atoms with E-state index in [4.69, 9.17) is 0 Å². The minimum atomic E-state index is 0.919. The summed E-state index contributed by atoms with van der Waals surface area (Å²) in [6.45, 7) is 3.94. The van der Waals surface area contributed by atoms with Crippen molar-refractivity contribution in [3.05, 3.63) is 0 Å². The van der Waals surface area contributed by atoms with Gasteiger partial charge in [-0.05, 0) is 38.3 Å². The van der Waals surface area contributed by atoms with Crippen molar-refractivity contribution in [1.29, 1.82) is 0 Å². The summed E-state index contributed by atoms with van der Waals surface area (Å²) >= 11 is 0. The van der Waals surface area contributed by atoms with Crippen molar-refractivity contribution in [2.45, 2.75) is 31.3 Å². The molecule has 3 heterocycles. The molecule has 3 fully saturated rings. The van der Waals surface area contributed by atoms with Crippen LogP contribution < -0.4 is 5.32 Å². The molecular weight excluding hydrogens is 136 g/mol. The van der Waals surface area contributed by atoms with Gasteiger partial charge in [-0.25, -0.2) is 0 Å². The van der Waals surface area contributed by atoms with E-state index in [9.17, 15) is 0 Å². The summed E-state index contributed by atoms with van der Waals surface area (Å²) in [5, 5.41) is 3.50. The molecule has 0 saturated carbocycles. The van der Waals surface area contributed by atoms with Gasteiger partial charge in [0.1, 0.15) is 0 Å². The summed E-state index contributed by atoms with van der Waals surface area (Å²) in [7, 11) is 0. The SMILES string of the molecule is C1C[C@@H]2C[C@H]3CNC[C@@H]3N2C1. The molecule has 0 spiro atoms. The van der Waals surface area contributed by atoms with E-state index in [1.807, 2.05) is 0 Å². The van der Waals surface area contributed by atoms with Gasteiger partial charge in [0, 0.05) is 18.6 Å². The van der Waals surface area contributed by atoms with Gasteiger partial charge in [0.15, 0.2) is 0 Å². The van der Waals surface area contributed by atoms with Gasteiger partial charge in [-0.15, -0.1) is 0 Å². The number of nitrogens with zero attached hydrogens (tertiary/aromatic N) is 1. The fourth-order valence-corrected chi connectivity index (χ4v) is 3.24. The molecule has 3 aliphatic heterocycles. The van der Waals surface area contributed by atoms with Gasteiger partial charge in [0.05, 0.1) is 0 Å². The molecule has 3 atom stereocenters. The molecule has 0 aromatic carbocycles. The molecule has 0 aromatic rings. The first-order chi connectivity index (χ1) is 5.45. The lowest BCUT2D eigenvalue weighted by Crippen LogP contribution is -2.35. The Bertz CT molecular complexity index is 151. The fraction of sp³-hybridized carbons (Fsp3) is 1.00. The van der Waals surface area contributed by atoms with Crippen LogP contribution in [0.15, 0.2) is 0 Å². The Kier molecular flexibility index (Phi) is 1.29. The summed E-state index contributed by atoms with van der Waals surface area (Å²) in [6.07, 6.45) is 4.42. The second-order valence-corrected chi connectivity index (χ2v) is 4.26. The van der Waals surface area contributed by atoms with Crippen LogP contribution in [0.5, 0.6) is 0 Å². The maximum Gasteiger partial charge on any atom is 0.0264 e. The summed E-state index contributed by atoms with van der Waals surface area (Å²) in [5.74, 6) is 1.00.